The number of ether oxygens (including phenoxy) is 1. The van der Waals surface area contributed by atoms with Crippen molar-refractivity contribution in [3.63, 3.8) is 0 Å². The van der Waals surface area contributed by atoms with E-state index in [0.29, 0.717) is 0 Å². The summed E-state index contributed by atoms with van der Waals surface area (Å²) in [5.41, 5.74) is 0. The average Bonchev–Trinajstić information content (AvgIpc) is 3.07. The molecule has 0 aromatic rings. The minimum absolute atomic E-state index is 0.253. The predicted octanol–water partition coefficient (Wildman–Crippen LogP) is 6.53. The van der Waals surface area contributed by atoms with Crippen molar-refractivity contribution in [2.24, 2.45) is 17.8 Å². The Balaban J connectivity index is 2.09. The summed E-state index contributed by atoms with van der Waals surface area (Å²) in [6, 6.07) is 0. The molecule has 1 rings (SSSR count). The zero-order valence-corrected chi connectivity index (χ0v) is 16.7. The van der Waals surface area contributed by atoms with Crippen LogP contribution < -0.4 is 0 Å². The van der Waals surface area contributed by atoms with Gasteiger partial charge in [0.1, 0.15) is 5.92 Å². The third-order valence-electron chi connectivity index (χ3n) is 6.00. The van der Waals surface area contributed by atoms with Gasteiger partial charge in [-0.3, -0.25) is 4.79 Å². The Morgan fingerprint density at radius 3 is 2.12 bits per heavy atom. The molecule has 2 heteroatoms. The van der Waals surface area contributed by atoms with E-state index in [2.05, 4.69) is 12.8 Å². The Morgan fingerprint density at radius 2 is 1.56 bits per heavy atom. The second kappa shape index (κ2) is 14.2. The maximum Gasteiger partial charge on any atom is 0.320 e. The van der Waals surface area contributed by atoms with Crippen molar-refractivity contribution in [3.05, 3.63) is 0 Å². The molecular formula is C23H40O2. The molecule has 0 heterocycles. The molecule has 0 aromatic heterocycles. The molecule has 1 aliphatic rings. The predicted molar refractivity (Wildman–Crippen MR) is 106 cm³/mol. The van der Waals surface area contributed by atoms with Gasteiger partial charge in [-0.15, -0.1) is 6.42 Å². The molecule has 0 spiro atoms. The molecule has 1 fully saturated rings. The Hall–Kier alpha value is -0.970. The summed E-state index contributed by atoms with van der Waals surface area (Å²) >= 11 is 0. The number of carbonyl (C=O) groups is 1. The van der Waals surface area contributed by atoms with Crippen LogP contribution in [-0.2, 0) is 9.53 Å². The number of hydrogen-bond donors (Lipinski definition) is 0. The van der Waals surface area contributed by atoms with Gasteiger partial charge < -0.3 is 4.74 Å². The van der Waals surface area contributed by atoms with E-state index in [0.717, 1.165) is 24.7 Å². The SMILES string of the molecule is C#CC(CCCCC[C@H]1CCC[C@@H]1CCCCCCCC)C(=O)OC. The highest BCUT2D eigenvalue weighted by atomic mass is 16.5. The highest BCUT2D eigenvalue weighted by Crippen LogP contribution is 2.38. The largest absolute Gasteiger partial charge is 0.468 e. The van der Waals surface area contributed by atoms with Gasteiger partial charge in [0.15, 0.2) is 0 Å². The summed E-state index contributed by atoms with van der Waals surface area (Å²) in [5, 5.41) is 0. The van der Waals surface area contributed by atoms with Crippen LogP contribution in [0.4, 0.5) is 0 Å². The van der Waals surface area contributed by atoms with E-state index in [1.54, 1.807) is 0 Å². The van der Waals surface area contributed by atoms with Crippen LogP contribution in [0, 0.1) is 30.1 Å². The quantitative estimate of drug-likeness (QED) is 0.203. The van der Waals surface area contributed by atoms with Crippen LogP contribution in [0.3, 0.4) is 0 Å². The van der Waals surface area contributed by atoms with Crippen molar-refractivity contribution in [1.29, 1.82) is 0 Å². The van der Waals surface area contributed by atoms with Gasteiger partial charge in [0.05, 0.1) is 7.11 Å². The molecule has 144 valence electrons. The Labute approximate surface area is 156 Å². The lowest BCUT2D eigenvalue weighted by Gasteiger charge is -2.19. The standard InChI is InChI=1S/C23H40O2/c1-4-6-7-8-9-11-16-21-18-14-19-22(21)17-13-10-12-15-20(5-2)23(24)25-3/h2,20-22H,4,6-19H2,1,3H3/t20?,21-,22-/m0/s1. The van der Waals surface area contributed by atoms with E-state index in [9.17, 15) is 4.79 Å². The average molecular weight is 349 g/mol. The van der Waals surface area contributed by atoms with E-state index in [1.165, 1.54) is 90.6 Å². The highest BCUT2D eigenvalue weighted by Gasteiger charge is 2.26. The first kappa shape index (κ1) is 22.1. The molecule has 1 saturated carbocycles. The molecule has 0 bridgehead atoms. The summed E-state index contributed by atoms with van der Waals surface area (Å²) in [7, 11) is 1.41. The van der Waals surface area contributed by atoms with Gasteiger partial charge in [-0.25, -0.2) is 0 Å². The van der Waals surface area contributed by atoms with E-state index in [-0.39, 0.29) is 11.9 Å². The van der Waals surface area contributed by atoms with Crippen LogP contribution in [0.2, 0.25) is 0 Å². The summed E-state index contributed by atoms with van der Waals surface area (Å²) < 4.78 is 4.74. The monoisotopic (exact) mass is 348 g/mol. The molecule has 3 atom stereocenters. The number of rotatable bonds is 14. The first-order valence-electron chi connectivity index (χ1n) is 10.8. The highest BCUT2D eigenvalue weighted by molar-refractivity contribution is 5.75. The third-order valence-corrected chi connectivity index (χ3v) is 6.00. The maximum absolute atomic E-state index is 11.5. The fraction of sp³-hybridized carbons (Fsp3) is 0.870. The smallest absolute Gasteiger partial charge is 0.320 e. The van der Waals surface area contributed by atoms with Gasteiger partial charge in [-0.1, -0.05) is 103 Å². The van der Waals surface area contributed by atoms with Crippen molar-refractivity contribution in [2.75, 3.05) is 7.11 Å². The van der Waals surface area contributed by atoms with Crippen molar-refractivity contribution in [3.8, 4) is 12.3 Å². The van der Waals surface area contributed by atoms with Crippen molar-refractivity contribution in [2.45, 2.75) is 103 Å². The number of esters is 1. The molecule has 0 amide bonds. The Bertz CT molecular complexity index is 382. The number of carbonyl (C=O) groups excluding carboxylic acids is 1. The van der Waals surface area contributed by atoms with Gasteiger partial charge in [0, 0.05) is 0 Å². The van der Waals surface area contributed by atoms with E-state index < -0.39 is 0 Å². The summed E-state index contributed by atoms with van der Waals surface area (Å²) in [6.07, 6.45) is 25.4. The van der Waals surface area contributed by atoms with Crippen LogP contribution in [-0.4, -0.2) is 13.1 Å². The minimum atomic E-state index is -0.350. The fourth-order valence-electron chi connectivity index (χ4n) is 4.40. The van der Waals surface area contributed by atoms with Gasteiger partial charge in [0.25, 0.3) is 0 Å². The Morgan fingerprint density at radius 1 is 1.00 bits per heavy atom. The van der Waals surface area contributed by atoms with E-state index in [4.69, 9.17) is 11.2 Å². The molecule has 0 aliphatic heterocycles. The third kappa shape index (κ3) is 9.34. The summed E-state index contributed by atoms with van der Waals surface area (Å²) in [4.78, 5) is 11.5. The van der Waals surface area contributed by atoms with Crippen LogP contribution >= 0.6 is 0 Å². The number of terminal acetylenes is 1. The molecule has 0 saturated heterocycles. The fourth-order valence-corrected chi connectivity index (χ4v) is 4.40. The van der Waals surface area contributed by atoms with E-state index in [1.807, 2.05) is 0 Å². The molecule has 1 unspecified atom stereocenters. The van der Waals surface area contributed by atoms with E-state index >= 15 is 0 Å². The maximum atomic E-state index is 11.5. The summed E-state index contributed by atoms with van der Waals surface area (Å²) in [6.45, 7) is 2.28. The van der Waals surface area contributed by atoms with Crippen molar-refractivity contribution in [1.82, 2.24) is 0 Å². The molecule has 1 aliphatic carbocycles. The second-order valence-electron chi connectivity index (χ2n) is 7.89. The van der Waals surface area contributed by atoms with Crippen molar-refractivity contribution < 1.29 is 9.53 Å². The van der Waals surface area contributed by atoms with Crippen LogP contribution in [0.5, 0.6) is 0 Å². The molecule has 0 radical (unpaired) electrons. The van der Waals surface area contributed by atoms with Crippen molar-refractivity contribution >= 4 is 5.97 Å². The van der Waals surface area contributed by atoms with Gasteiger partial charge >= 0.3 is 5.97 Å². The van der Waals surface area contributed by atoms with Crippen LogP contribution in [0.15, 0.2) is 0 Å². The topological polar surface area (TPSA) is 26.3 Å². The first-order valence-corrected chi connectivity index (χ1v) is 10.8. The number of methoxy groups -OCH3 is 1. The molecular weight excluding hydrogens is 308 g/mol. The number of hydrogen-bond acceptors (Lipinski definition) is 2. The first-order chi connectivity index (χ1) is 12.2. The minimum Gasteiger partial charge on any atom is -0.468 e. The lowest BCUT2D eigenvalue weighted by atomic mass is 9.86. The van der Waals surface area contributed by atoms with Gasteiger partial charge in [0.2, 0.25) is 0 Å². The normalized spacial score (nSPS) is 21.0. The molecule has 2 nitrogen and oxygen atoms in total. The van der Waals surface area contributed by atoms with Gasteiger partial charge in [-0.05, 0) is 18.3 Å². The Kier molecular flexibility index (Phi) is 12.6. The summed E-state index contributed by atoms with van der Waals surface area (Å²) in [5.74, 6) is 3.90. The lowest BCUT2D eigenvalue weighted by molar-refractivity contribution is -0.143. The molecule has 0 aromatic carbocycles. The molecule has 0 N–H and O–H groups in total. The number of unbranched alkanes of at least 4 members (excludes halogenated alkanes) is 7. The van der Waals surface area contributed by atoms with Gasteiger partial charge in [-0.2, -0.15) is 0 Å². The lowest BCUT2D eigenvalue weighted by Crippen LogP contribution is -2.14. The zero-order chi connectivity index (χ0) is 18.3. The second-order valence-corrected chi connectivity index (χ2v) is 7.89. The van der Waals surface area contributed by atoms with Crippen LogP contribution in [0.25, 0.3) is 0 Å². The molecule has 25 heavy (non-hydrogen) atoms. The zero-order valence-electron chi connectivity index (χ0n) is 16.7. The van der Waals surface area contributed by atoms with Crippen LogP contribution in [0.1, 0.15) is 103 Å².